The van der Waals surface area contributed by atoms with Gasteiger partial charge < -0.3 is 10.1 Å². The number of anilines is 1. The number of ether oxygens (including phenoxy) is 1. The van der Waals surface area contributed by atoms with Crippen molar-refractivity contribution in [2.24, 2.45) is 0 Å². The molecule has 2 N–H and O–H groups in total. The summed E-state index contributed by atoms with van der Waals surface area (Å²) in [6.45, 7) is 2.94. The summed E-state index contributed by atoms with van der Waals surface area (Å²) < 4.78 is 66.2. The lowest BCUT2D eigenvalue weighted by Gasteiger charge is -2.16. The van der Waals surface area contributed by atoms with Crippen LogP contribution in [-0.4, -0.2) is 26.6 Å². The Bertz CT molecular complexity index is 1350. The Morgan fingerprint density at radius 1 is 1.15 bits per heavy atom. The molecule has 33 heavy (non-hydrogen) atoms. The van der Waals surface area contributed by atoms with Crippen molar-refractivity contribution < 1.29 is 26.9 Å². The zero-order valence-electron chi connectivity index (χ0n) is 17.6. The standard InChI is InChI=1S/C21H18BrF3N4O3S/c1-11-7-8-16(15(22)9-11)32-20-17(12(2)18(28-29-20)21(23,24)25)19(30)27-13-5-4-6-14(10-13)33(3,26)31/h4-10,26H,1-3H3,(H,27,30). The zero-order chi connectivity index (χ0) is 24.6. The number of halogens is 4. The Labute approximate surface area is 196 Å². The number of rotatable bonds is 5. The fraction of sp³-hybridized carbons (Fsp3) is 0.190. The Hall–Kier alpha value is -2.99. The molecule has 2 aromatic carbocycles. The highest BCUT2D eigenvalue weighted by Crippen LogP contribution is 2.36. The Balaban J connectivity index is 2.08. The first-order valence-electron chi connectivity index (χ1n) is 9.31. The summed E-state index contributed by atoms with van der Waals surface area (Å²) in [7, 11) is -3.07. The van der Waals surface area contributed by atoms with Crippen LogP contribution in [0.1, 0.15) is 27.2 Å². The summed E-state index contributed by atoms with van der Waals surface area (Å²) in [6.07, 6.45) is -3.63. The number of carbonyl (C=O) groups excluding carboxylic acids is 1. The maximum atomic E-state index is 13.4. The van der Waals surface area contributed by atoms with Gasteiger partial charge in [-0.25, -0.2) is 8.99 Å². The zero-order valence-corrected chi connectivity index (χ0v) is 20.0. The molecule has 0 spiro atoms. The highest BCUT2D eigenvalue weighted by molar-refractivity contribution is 9.10. The second kappa shape index (κ2) is 9.10. The Morgan fingerprint density at radius 3 is 2.45 bits per heavy atom. The summed E-state index contributed by atoms with van der Waals surface area (Å²) in [6, 6.07) is 10.7. The number of hydrogen-bond acceptors (Lipinski definition) is 6. The average Bonchev–Trinajstić information content (AvgIpc) is 2.68. The summed E-state index contributed by atoms with van der Waals surface area (Å²) >= 11 is 3.31. The first-order valence-corrected chi connectivity index (χ1v) is 12.1. The van der Waals surface area contributed by atoms with Gasteiger partial charge >= 0.3 is 6.18 Å². The van der Waals surface area contributed by atoms with Crippen molar-refractivity contribution in [1.29, 1.82) is 4.78 Å². The van der Waals surface area contributed by atoms with Crippen LogP contribution in [0.4, 0.5) is 18.9 Å². The molecule has 3 rings (SSSR count). The van der Waals surface area contributed by atoms with Gasteiger partial charge in [0.2, 0.25) is 0 Å². The van der Waals surface area contributed by atoms with Crippen LogP contribution < -0.4 is 10.1 Å². The number of nitrogens with one attached hydrogen (secondary N) is 2. The first-order chi connectivity index (χ1) is 15.3. The summed E-state index contributed by atoms with van der Waals surface area (Å²) in [5.74, 6) is -1.13. The van der Waals surface area contributed by atoms with Gasteiger partial charge in [-0.3, -0.25) is 4.79 Å². The Kier molecular flexibility index (Phi) is 6.80. The van der Waals surface area contributed by atoms with E-state index in [4.69, 9.17) is 9.52 Å². The van der Waals surface area contributed by atoms with Gasteiger partial charge in [0.15, 0.2) is 5.69 Å². The van der Waals surface area contributed by atoms with E-state index in [9.17, 15) is 22.2 Å². The first kappa shape index (κ1) is 24.6. The third kappa shape index (κ3) is 5.69. The number of nitrogens with zero attached hydrogens (tertiary/aromatic N) is 2. The molecule has 1 amide bonds. The average molecular weight is 543 g/mol. The van der Waals surface area contributed by atoms with Crippen LogP contribution in [0.2, 0.25) is 0 Å². The van der Waals surface area contributed by atoms with Crippen molar-refractivity contribution in [3.63, 3.8) is 0 Å². The van der Waals surface area contributed by atoms with E-state index in [1.807, 2.05) is 6.92 Å². The van der Waals surface area contributed by atoms with E-state index in [2.05, 4.69) is 31.4 Å². The molecular formula is C21H18BrF3N4O3S. The fourth-order valence-corrected chi connectivity index (χ4v) is 4.17. The molecule has 0 radical (unpaired) electrons. The van der Waals surface area contributed by atoms with Crippen molar-refractivity contribution in [1.82, 2.24) is 10.2 Å². The second-order valence-corrected chi connectivity index (χ2v) is 10.2. The molecule has 1 heterocycles. The largest absolute Gasteiger partial charge is 0.436 e. The van der Waals surface area contributed by atoms with Crippen LogP contribution in [-0.2, 0) is 15.9 Å². The monoisotopic (exact) mass is 542 g/mol. The number of alkyl halides is 3. The predicted molar refractivity (Wildman–Crippen MR) is 120 cm³/mol. The molecule has 7 nitrogen and oxygen atoms in total. The molecule has 0 aliphatic rings. The maximum Gasteiger partial charge on any atom is 0.435 e. The van der Waals surface area contributed by atoms with Crippen molar-refractivity contribution in [2.75, 3.05) is 11.6 Å². The molecule has 3 aromatic rings. The van der Waals surface area contributed by atoms with Gasteiger partial charge in [0.05, 0.1) is 14.2 Å². The predicted octanol–water partition coefficient (Wildman–Crippen LogP) is 5.95. The normalized spacial score (nSPS) is 13.3. The number of hydrogen-bond donors (Lipinski definition) is 2. The number of benzene rings is 2. The van der Waals surface area contributed by atoms with Crippen LogP contribution in [0.3, 0.4) is 0 Å². The molecule has 174 valence electrons. The van der Waals surface area contributed by atoms with Crippen LogP contribution >= 0.6 is 15.9 Å². The molecule has 0 bridgehead atoms. The lowest BCUT2D eigenvalue weighted by Crippen LogP contribution is -2.21. The number of aromatic nitrogens is 2. The fourth-order valence-electron chi connectivity index (χ4n) is 2.91. The quantitative estimate of drug-likeness (QED) is 0.414. The third-order valence-electron chi connectivity index (χ3n) is 4.52. The topological polar surface area (TPSA) is 105 Å². The minimum Gasteiger partial charge on any atom is -0.436 e. The molecule has 1 atom stereocenters. The van der Waals surface area contributed by atoms with Gasteiger partial charge in [-0.1, -0.05) is 12.1 Å². The van der Waals surface area contributed by atoms with E-state index in [1.165, 1.54) is 30.5 Å². The molecule has 0 saturated heterocycles. The highest BCUT2D eigenvalue weighted by Gasteiger charge is 2.38. The highest BCUT2D eigenvalue weighted by atomic mass is 79.9. The van der Waals surface area contributed by atoms with Gasteiger partial charge in [0.1, 0.15) is 11.3 Å². The molecule has 1 unspecified atom stereocenters. The SMILES string of the molecule is Cc1ccc(Oc2nnc(C(F)(F)F)c(C)c2C(=O)Nc2cccc(S(C)(=N)=O)c2)c(Br)c1. The van der Waals surface area contributed by atoms with E-state index in [1.54, 1.807) is 18.2 Å². The van der Waals surface area contributed by atoms with E-state index in [0.29, 0.717) is 4.47 Å². The van der Waals surface area contributed by atoms with Gasteiger partial charge in [0, 0.05) is 16.8 Å². The van der Waals surface area contributed by atoms with Crippen LogP contribution in [0.15, 0.2) is 51.8 Å². The smallest absolute Gasteiger partial charge is 0.435 e. The molecule has 0 saturated carbocycles. The minimum atomic E-state index is -4.84. The summed E-state index contributed by atoms with van der Waals surface area (Å²) in [4.78, 5) is 13.2. The number of amides is 1. The van der Waals surface area contributed by atoms with Gasteiger partial charge in [-0.15, -0.1) is 10.2 Å². The Morgan fingerprint density at radius 2 is 1.85 bits per heavy atom. The van der Waals surface area contributed by atoms with Gasteiger partial charge in [-0.2, -0.15) is 13.2 Å². The molecular weight excluding hydrogens is 525 g/mol. The van der Waals surface area contributed by atoms with Crippen LogP contribution in [0, 0.1) is 18.6 Å². The van der Waals surface area contributed by atoms with E-state index < -0.39 is 44.5 Å². The third-order valence-corrected chi connectivity index (χ3v) is 6.29. The lowest BCUT2D eigenvalue weighted by molar-refractivity contribution is -0.142. The molecule has 12 heteroatoms. The maximum absolute atomic E-state index is 13.4. The number of aryl methyl sites for hydroxylation is 1. The van der Waals surface area contributed by atoms with Crippen molar-refractivity contribution in [3.8, 4) is 11.6 Å². The summed E-state index contributed by atoms with van der Waals surface area (Å²) in [5.41, 5.74) is -1.20. The minimum absolute atomic E-state index is 0.145. The second-order valence-electron chi connectivity index (χ2n) is 7.21. The van der Waals surface area contributed by atoms with Gasteiger partial charge in [-0.05, 0) is 71.2 Å². The van der Waals surface area contributed by atoms with Crippen molar-refractivity contribution in [3.05, 3.63) is 69.3 Å². The number of carbonyl (C=O) groups is 1. The molecule has 1 aromatic heterocycles. The van der Waals surface area contributed by atoms with Crippen LogP contribution in [0.5, 0.6) is 11.6 Å². The molecule has 0 fully saturated rings. The summed E-state index contributed by atoms with van der Waals surface area (Å²) in [5, 5.41) is 9.23. The van der Waals surface area contributed by atoms with Crippen molar-refractivity contribution >= 4 is 37.3 Å². The van der Waals surface area contributed by atoms with E-state index in [-0.39, 0.29) is 16.3 Å². The molecule has 0 aliphatic heterocycles. The van der Waals surface area contributed by atoms with E-state index >= 15 is 0 Å². The van der Waals surface area contributed by atoms with Crippen LogP contribution in [0.25, 0.3) is 0 Å². The lowest BCUT2D eigenvalue weighted by atomic mass is 10.1. The molecule has 0 aliphatic carbocycles. The van der Waals surface area contributed by atoms with E-state index in [0.717, 1.165) is 12.5 Å². The van der Waals surface area contributed by atoms with Gasteiger partial charge in [0.25, 0.3) is 11.8 Å². The van der Waals surface area contributed by atoms with Crippen molar-refractivity contribution in [2.45, 2.75) is 24.9 Å².